The summed E-state index contributed by atoms with van der Waals surface area (Å²) in [5.74, 6) is 1.30. The van der Waals surface area contributed by atoms with Gasteiger partial charge >= 0.3 is 10.3 Å². The van der Waals surface area contributed by atoms with Gasteiger partial charge in [-0.25, -0.2) is 0 Å². The van der Waals surface area contributed by atoms with Crippen LogP contribution < -0.4 is 14.2 Å². The first kappa shape index (κ1) is 21.6. The monoisotopic (exact) mass is 378 g/mol. The molecule has 1 aromatic carbocycles. The molecule has 9 nitrogen and oxygen atoms in total. The third kappa shape index (κ3) is 9.58. The topological polar surface area (TPSA) is 129 Å². The molecule has 0 heterocycles. The second-order valence-corrected chi connectivity index (χ2v) is 6.71. The SMILES string of the molecule is CCN(CC(O)CNS(=O)(=O)O)CC(O)COc1ccc(OC)cc1. The molecule has 0 saturated carbocycles. The maximum absolute atomic E-state index is 10.6. The second-order valence-electron chi connectivity index (χ2n) is 5.47. The Morgan fingerprint density at radius 2 is 1.68 bits per heavy atom. The number of nitrogens with zero attached hydrogens (tertiary/aromatic N) is 1. The van der Waals surface area contributed by atoms with Crippen molar-refractivity contribution in [2.45, 2.75) is 19.1 Å². The summed E-state index contributed by atoms with van der Waals surface area (Å²) in [5.41, 5.74) is 0. The molecule has 2 unspecified atom stereocenters. The van der Waals surface area contributed by atoms with E-state index in [9.17, 15) is 18.6 Å². The number of hydrogen-bond donors (Lipinski definition) is 4. The molecule has 2 atom stereocenters. The number of ether oxygens (including phenoxy) is 2. The summed E-state index contributed by atoms with van der Waals surface area (Å²) < 4.78 is 42.1. The smallest absolute Gasteiger partial charge is 0.333 e. The van der Waals surface area contributed by atoms with Crippen LogP contribution in [0.3, 0.4) is 0 Å². The Morgan fingerprint density at radius 1 is 1.12 bits per heavy atom. The number of aliphatic hydroxyl groups is 2. The molecule has 10 heteroatoms. The Hall–Kier alpha value is -1.43. The minimum atomic E-state index is -4.34. The molecular formula is C15H26N2O7S. The Bertz CT molecular complexity index is 594. The number of likely N-dealkylation sites (N-methyl/N-ethyl adjacent to an activating group) is 1. The normalized spacial score (nSPS) is 14.3. The third-order valence-electron chi connectivity index (χ3n) is 3.39. The van der Waals surface area contributed by atoms with Crippen molar-refractivity contribution < 1.29 is 32.7 Å². The van der Waals surface area contributed by atoms with E-state index in [2.05, 4.69) is 0 Å². The first-order chi connectivity index (χ1) is 11.7. The number of methoxy groups -OCH3 is 1. The molecule has 0 amide bonds. The molecule has 1 rings (SSSR count). The summed E-state index contributed by atoms with van der Waals surface area (Å²) in [6.45, 7) is 2.53. The second kappa shape index (κ2) is 10.5. The summed E-state index contributed by atoms with van der Waals surface area (Å²) in [7, 11) is -2.77. The van der Waals surface area contributed by atoms with E-state index in [1.54, 1.807) is 36.3 Å². The van der Waals surface area contributed by atoms with Crippen LogP contribution in [0.1, 0.15) is 6.92 Å². The molecule has 1 aromatic rings. The van der Waals surface area contributed by atoms with Crippen molar-refractivity contribution in [1.29, 1.82) is 0 Å². The molecular weight excluding hydrogens is 352 g/mol. The highest BCUT2D eigenvalue weighted by molar-refractivity contribution is 7.83. The van der Waals surface area contributed by atoms with Crippen molar-refractivity contribution in [1.82, 2.24) is 9.62 Å². The summed E-state index contributed by atoms with van der Waals surface area (Å²) in [4.78, 5) is 1.75. The minimum absolute atomic E-state index is 0.0716. The standard InChI is InChI=1S/C15H26N2O7S/c1-3-17(9-12(18)8-16-25(20,21)22)10-13(19)11-24-15-6-4-14(23-2)5-7-15/h4-7,12-13,16,18-19H,3,8-11H2,1-2H3,(H,20,21,22). The van der Waals surface area contributed by atoms with Crippen LogP contribution in [0.5, 0.6) is 11.5 Å². The first-order valence-electron chi connectivity index (χ1n) is 7.81. The van der Waals surface area contributed by atoms with Gasteiger partial charge in [0.15, 0.2) is 0 Å². The zero-order valence-corrected chi connectivity index (χ0v) is 15.1. The van der Waals surface area contributed by atoms with Crippen LogP contribution in [0.2, 0.25) is 0 Å². The van der Waals surface area contributed by atoms with Crippen molar-refractivity contribution in [3.63, 3.8) is 0 Å². The highest BCUT2D eigenvalue weighted by Crippen LogP contribution is 2.17. The Morgan fingerprint density at radius 3 is 2.20 bits per heavy atom. The minimum Gasteiger partial charge on any atom is -0.497 e. The molecule has 144 valence electrons. The lowest BCUT2D eigenvalue weighted by atomic mass is 10.2. The van der Waals surface area contributed by atoms with Gasteiger partial charge in [0.25, 0.3) is 0 Å². The van der Waals surface area contributed by atoms with Crippen molar-refractivity contribution in [2.75, 3.05) is 39.9 Å². The average Bonchev–Trinajstić information content (AvgIpc) is 2.57. The van der Waals surface area contributed by atoms with Crippen molar-refractivity contribution in [3.8, 4) is 11.5 Å². The fourth-order valence-electron chi connectivity index (χ4n) is 2.11. The molecule has 25 heavy (non-hydrogen) atoms. The van der Waals surface area contributed by atoms with Crippen LogP contribution >= 0.6 is 0 Å². The van der Waals surface area contributed by atoms with E-state index in [4.69, 9.17) is 14.0 Å². The highest BCUT2D eigenvalue weighted by Gasteiger charge is 2.16. The van der Waals surface area contributed by atoms with Crippen LogP contribution in [0.25, 0.3) is 0 Å². The molecule has 0 spiro atoms. The van der Waals surface area contributed by atoms with Crippen LogP contribution in [0.4, 0.5) is 0 Å². The van der Waals surface area contributed by atoms with Gasteiger partial charge in [-0.1, -0.05) is 6.92 Å². The fraction of sp³-hybridized carbons (Fsp3) is 0.600. The predicted molar refractivity (Wildman–Crippen MR) is 92.2 cm³/mol. The summed E-state index contributed by atoms with van der Waals surface area (Å²) in [5, 5.41) is 19.8. The van der Waals surface area contributed by atoms with Gasteiger partial charge in [0.2, 0.25) is 0 Å². The van der Waals surface area contributed by atoms with Gasteiger partial charge in [-0.3, -0.25) is 9.45 Å². The molecule has 0 aliphatic carbocycles. The molecule has 0 saturated heterocycles. The average molecular weight is 378 g/mol. The van der Waals surface area contributed by atoms with Gasteiger partial charge < -0.3 is 19.7 Å². The summed E-state index contributed by atoms with van der Waals surface area (Å²) in [6, 6.07) is 6.96. The highest BCUT2D eigenvalue weighted by atomic mass is 32.2. The van der Waals surface area contributed by atoms with Gasteiger partial charge in [-0.05, 0) is 30.8 Å². The molecule has 0 bridgehead atoms. The van der Waals surface area contributed by atoms with Crippen LogP contribution in [0.15, 0.2) is 24.3 Å². The van der Waals surface area contributed by atoms with Crippen molar-refractivity contribution >= 4 is 10.3 Å². The van der Waals surface area contributed by atoms with E-state index in [-0.39, 0.29) is 26.2 Å². The van der Waals surface area contributed by atoms with Gasteiger partial charge in [-0.2, -0.15) is 13.1 Å². The Kier molecular flexibility index (Phi) is 9.11. The maximum Gasteiger partial charge on any atom is 0.333 e. The van der Waals surface area contributed by atoms with Gasteiger partial charge in [0.1, 0.15) is 24.2 Å². The molecule has 0 radical (unpaired) electrons. The Balaban J connectivity index is 2.37. The molecule has 0 aromatic heterocycles. The van der Waals surface area contributed by atoms with Crippen molar-refractivity contribution in [2.24, 2.45) is 0 Å². The lowest BCUT2D eigenvalue weighted by molar-refractivity contribution is 0.0487. The van der Waals surface area contributed by atoms with E-state index in [1.165, 1.54) is 0 Å². The largest absolute Gasteiger partial charge is 0.497 e. The third-order valence-corrected chi connectivity index (χ3v) is 3.92. The van der Waals surface area contributed by atoms with Crippen LogP contribution in [0, 0.1) is 0 Å². The van der Waals surface area contributed by atoms with Crippen LogP contribution in [-0.4, -0.2) is 80.2 Å². The van der Waals surface area contributed by atoms with E-state index >= 15 is 0 Å². The summed E-state index contributed by atoms with van der Waals surface area (Å²) >= 11 is 0. The molecule has 0 aliphatic heterocycles. The van der Waals surface area contributed by atoms with E-state index in [1.807, 2.05) is 11.6 Å². The van der Waals surface area contributed by atoms with Gasteiger partial charge in [-0.15, -0.1) is 0 Å². The number of nitrogens with one attached hydrogen (secondary N) is 1. The van der Waals surface area contributed by atoms with Crippen molar-refractivity contribution in [3.05, 3.63) is 24.3 Å². The predicted octanol–water partition coefficient (Wildman–Crippen LogP) is -0.490. The summed E-state index contributed by atoms with van der Waals surface area (Å²) in [6.07, 6.45) is -1.81. The van der Waals surface area contributed by atoms with E-state index in [0.29, 0.717) is 18.0 Å². The number of rotatable bonds is 12. The van der Waals surface area contributed by atoms with Crippen LogP contribution in [-0.2, 0) is 10.3 Å². The van der Waals surface area contributed by atoms with E-state index in [0.717, 1.165) is 0 Å². The first-order valence-corrected chi connectivity index (χ1v) is 9.25. The number of benzene rings is 1. The number of hydrogen-bond acceptors (Lipinski definition) is 7. The maximum atomic E-state index is 10.6. The molecule has 4 N–H and O–H groups in total. The van der Waals surface area contributed by atoms with Gasteiger partial charge in [0.05, 0.1) is 13.2 Å². The number of aliphatic hydroxyl groups excluding tert-OH is 2. The fourth-order valence-corrected chi connectivity index (χ4v) is 2.51. The lowest BCUT2D eigenvalue weighted by Gasteiger charge is -2.26. The Labute approximate surface area is 148 Å². The molecule has 0 fully saturated rings. The lowest BCUT2D eigenvalue weighted by Crippen LogP contribution is -2.43. The zero-order chi connectivity index (χ0) is 18.9. The quantitative estimate of drug-likeness (QED) is 0.359. The van der Waals surface area contributed by atoms with Gasteiger partial charge in [0, 0.05) is 19.6 Å². The zero-order valence-electron chi connectivity index (χ0n) is 14.3. The molecule has 0 aliphatic rings. The van der Waals surface area contributed by atoms with E-state index < -0.39 is 22.5 Å².